The minimum atomic E-state index is -0.285. The minimum absolute atomic E-state index is 0.00681. The first-order chi connectivity index (χ1) is 9.43. The van der Waals surface area contributed by atoms with Crippen molar-refractivity contribution in [3.63, 3.8) is 0 Å². The standard InChI is InChI=1S/C15H20BrNO3/c1-9-5-14(16)10(2)4-13(9)15(19)17-6-12(7-18)20-8-11(17)3/h4-5,11-12,18H,6-8H2,1-3H3/t11-,12-/m1/s1. The molecule has 0 aliphatic carbocycles. The third-order valence-electron chi connectivity index (χ3n) is 3.71. The lowest BCUT2D eigenvalue weighted by Crippen LogP contribution is -2.52. The van der Waals surface area contributed by atoms with Gasteiger partial charge in [-0.3, -0.25) is 4.79 Å². The van der Waals surface area contributed by atoms with Gasteiger partial charge in [-0.2, -0.15) is 0 Å². The molecule has 0 bridgehead atoms. The molecule has 4 nitrogen and oxygen atoms in total. The van der Waals surface area contributed by atoms with Crippen molar-refractivity contribution in [1.29, 1.82) is 0 Å². The highest BCUT2D eigenvalue weighted by atomic mass is 79.9. The number of morpholine rings is 1. The lowest BCUT2D eigenvalue weighted by molar-refractivity contribution is -0.0667. The van der Waals surface area contributed by atoms with E-state index in [0.717, 1.165) is 21.2 Å². The zero-order valence-electron chi connectivity index (χ0n) is 12.0. The van der Waals surface area contributed by atoms with Crippen LogP contribution >= 0.6 is 15.9 Å². The number of ether oxygens (including phenoxy) is 1. The number of aryl methyl sites for hydroxylation is 2. The number of carbonyl (C=O) groups is 1. The second-order valence-corrected chi connectivity index (χ2v) is 6.22. The average Bonchev–Trinajstić information content (AvgIpc) is 2.42. The van der Waals surface area contributed by atoms with Crippen molar-refractivity contribution in [2.45, 2.75) is 32.9 Å². The molecule has 0 radical (unpaired) electrons. The van der Waals surface area contributed by atoms with Gasteiger partial charge in [-0.1, -0.05) is 15.9 Å². The maximum absolute atomic E-state index is 12.7. The molecule has 1 amide bonds. The molecule has 1 saturated heterocycles. The monoisotopic (exact) mass is 341 g/mol. The lowest BCUT2D eigenvalue weighted by Gasteiger charge is -2.37. The van der Waals surface area contributed by atoms with Crippen molar-refractivity contribution in [1.82, 2.24) is 4.90 Å². The van der Waals surface area contributed by atoms with E-state index in [1.807, 2.05) is 32.9 Å². The lowest BCUT2D eigenvalue weighted by atomic mass is 10.0. The molecule has 1 aromatic rings. The summed E-state index contributed by atoms with van der Waals surface area (Å²) in [5, 5.41) is 9.21. The molecule has 2 rings (SSSR count). The highest BCUT2D eigenvalue weighted by Crippen LogP contribution is 2.24. The number of halogens is 1. The number of amides is 1. The van der Waals surface area contributed by atoms with Crippen LogP contribution in [0.25, 0.3) is 0 Å². The van der Waals surface area contributed by atoms with Crippen molar-refractivity contribution in [3.8, 4) is 0 Å². The summed E-state index contributed by atoms with van der Waals surface area (Å²) in [6.07, 6.45) is -0.285. The number of hydrogen-bond acceptors (Lipinski definition) is 3. The van der Waals surface area contributed by atoms with Crippen LogP contribution in [0.5, 0.6) is 0 Å². The Morgan fingerprint density at radius 1 is 1.45 bits per heavy atom. The first-order valence-electron chi connectivity index (χ1n) is 6.74. The van der Waals surface area contributed by atoms with E-state index >= 15 is 0 Å². The van der Waals surface area contributed by atoms with E-state index in [-0.39, 0.29) is 24.7 Å². The molecule has 1 fully saturated rings. The van der Waals surface area contributed by atoms with Crippen LogP contribution in [0.2, 0.25) is 0 Å². The molecule has 0 saturated carbocycles. The zero-order chi connectivity index (χ0) is 14.9. The number of aliphatic hydroxyl groups is 1. The predicted octanol–water partition coefficient (Wildman–Crippen LogP) is 2.29. The number of hydrogen-bond donors (Lipinski definition) is 1. The normalized spacial score (nSPS) is 22.9. The number of benzene rings is 1. The summed E-state index contributed by atoms with van der Waals surface area (Å²) in [5.74, 6) is 0.00681. The maximum atomic E-state index is 12.7. The Bertz CT molecular complexity index is 518. The fraction of sp³-hybridized carbons (Fsp3) is 0.533. The van der Waals surface area contributed by atoms with Gasteiger partial charge < -0.3 is 14.7 Å². The Morgan fingerprint density at radius 2 is 2.15 bits per heavy atom. The van der Waals surface area contributed by atoms with Gasteiger partial charge in [0.1, 0.15) is 0 Å². The van der Waals surface area contributed by atoms with Gasteiger partial charge in [-0.25, -0.2) is 0 Å². The summed E-state index contributed by atoms with van der Waals surface area (Å²) in [7, 11) is 0. The predicted molar refractivity (Wildman–Crippen MR) is 80.9 cm³/mol. The van der Waals surface area contributed by atoms with Crippen LogP contribution in [0, 0.1) is 13.8 Å². The molecule has 110 valence electrons. The smallest absolute Gasteiger partial charge is 0.254 e. The molecule has 0 aromatic heterocycles. The van der Waals surface area contributed by atoms with E-state index in [2.05, 4.69) is 15.9 Å². The highest BCUT2D eigenvalue weighted by molar-refractivity contribution is 9.10. The summed E-state index contributed by atoms with van der Waals surface area (Å²) in [6.45, 7) is 6.71. The van der Waals surface area contributed by atoms with Crippen LogP contribution in [0.15, 0.2) is 16.6 Å². The Labute approximate surface area is 127 Å². The molecule has 1 aromatic carbocycles. The molecule has 1 heterocycles. The van der Waals surface area contributed by atoms with Crippen LogP contribution in [0.4, 0.5) is 0 Å². The van der Waals surface area contributed by atoms with E-state index in [9.17, 15) is 9.90 Å². The molecule has 0 unspecified atom stereocenters. The maximum Gasteiger partial charge on any atom is 0.254 e. The molecular formula is C15H20BrNO3. The summed E-state index contributed by atoms with van der Waals surface area (Å²) in [6, 6.07) is 3.91. The van der Waals surface area contributed by atoms with Crippen LogP contribution in [-0.4, -0.2) is 47.8 Å². The van der Waals surface area contributed by atoms with Crippen LogP contribution in [-0.2, 0) is 4.74 Å². The molecule has 1 aliphatic heterocycles. The molecule has 0 spiro atoms. The van der Waals surface area contributed by atoms with Gasteiger partial charge in [-0.05, 0) is 44.0 Å². The van der Waals surface area contributed by atoms with Crippen LogP contribution < -0.4 is 0 Å². The Morgan fingerprint density at radius 3 is 2.80 bits per heavy atom. The largest absolute Gasteiger partial charge is 0.394 e. The second-order valence-electron chi connectivity index (χ2n) is 5.36. The zero-order valence-corrected chi connectivity index (χ0v) is 13.6. The van der Waals surface area contributed by atoms with Gasteiger partial charge in [0.2, 0.25) is 0 Å². The van der Waals surface area contributed by atoms with E-state index in [0.29, 0.717) is 13.2 Å². The molecule has 2 atom stereocenters. The van der Waals surface area contributed by atoms with Crippen molar-refractivity contribution < 1.29 is 14.6 Å². The molecular weight excluding hydrogens is 322 g/mol. The second kappa shape index (κ2) is 6.24. The van der Waals surface area contributed by atoms with E-state index in [1.54, 1.807) is 4.90 Å². The molecule has 1 N–H and O–H groups in total. The van der Waals surface area contributed by atoms with Gasteiger partial charge in [-0.15, -0.1) is 0 Å². The quantitative estimate of drug-likeness (QED) is 0.897. The molecule has 1 aliphatic rings. The number of aliphatic hydroxyl groups excluding tert-OH is 1. The van der Waals surface area contributed by atoms with Crippen molar-refractivity contribution in [2.24, 2.45) is 0 Å². The first-order valence-corrected chi connectivity index (χ1v) is 7.53. The minimum Gasteiger partial charge on any atom is -0.394 e. The third kappa shape index (κ3) is 3.05. The Hall–Kier alpha value is -0.910. The van der Waals surface area contributed by atoms with Crippen molar-refractivity contribution in [3.05, 3.63) is 33.3 Å². The first kappa shape index (κ1) is 15.5. The number of rotatable bonds is 2. The summed E-state index contributed by atoms with van der Waals surface area (Å²) >= 11 is 3.48. The highest BCUT2D eigenvalue weighted by Gasteiger charge is 2.30. The Balaban J connectivity index is 2.28. The van der Waals surface area contributed by atoms with Crippen LogP contribution in [0.1, 0.15) is 28.4 Å². The summed E-state index contributed by atoms with van der Waals surface area (Å²) in [5.41, 5.74) is 2.71. The van der Waals surface area contributed by atoms with Gasteiger partial charge in [0.05, 0.1) is 25.4 Å². The fourth-order valence-electron chi connectivity index (χ4n) is 2.38. The topological polar surface area (TPSA) is 49.8 Å². The van der Waals surface area contributed by atoms with E-state index in [1.165, 1.54) is 0 Å². The number of carbonyl (C=O) groups excluding carboxylic acids is 1. The number of nitrogens with zero attached hydrogens (tertiary/aromatic N) is 1. The van der Waals surface area contributed by atoms with E-state index < -0.39 is 0 Å². The average molecular weight is 342 g/mol. The molecule has 20 heavy (non-hydrogen) atoms. The van der Waals surface area contributed by atoms with Crippen molar-refractivity contribution in [2.75, 3.05) is 19.8 Å². The Kier molecular flexibility index (Phi) is 4.83. The molecule has 5 heteroatoms. The van der Waals surface area contributed by atoms with Crippen molar-refractivity contribution >= 4 is 21.8 Å². The SMILES string of the molecule is Cc1cc(C(=O)N2C[C@H](CO)OC[C@H]2C)c(C)cc1Br. The third-order valence-corrected chi connectivity index (χ3v) is 4.56. The van der Waals surface area contributed by atoms with Gasteiger partial charge >= 0.3 is 0 Å². The summed E-state index contributed by atoms with van der Waals surface area (Å²) in [4.78, 5) is 14.5. The van der Waals surface area contributed by atoms with Gasteiger partial charge in [0.15, 0.2) is 0 Å². The summed E-state index contributed by atoms with van der Waals surface area (Å²) < 4.78 is 6.49. The van der Waals surface area contributed by atoms with Crippen LogP contribution in [0.3, 0.4) is 0 Å². The van der Waals surface area contributed by atoms with Gasteiger partial charge in [0.25, 0.3) is 5.91 Å². The van der Waals surface area contributed by atoms with E-state index in [4.69, 9.17) is 4.74 Å². The van der Waals surface area contributed by atoms with Gasteiger partial charge in [0, 0.05) is 16.6 Å². The fourth-order valence-corrected chi connectivity index (χ4v) is 2.83.